The van der Waals surface area contributed by atoms with Crippen molar-refractivity contribution >= 4 is 12.4 Å². The van der Waals surface area contributed by atoms with Gasteiger partial charge in [-0.25, -0.2) is 0 Å². The quantitative estimate of drug-likeness (QED) is 0.850. The molecule has 0 bridgehead atoms. The van der Waals surface area contributed by atoms with Crippen molar-refractivity contribution in [3.8, 4) is 5.75 Å². The minimum absolute atomic E-state index is 0. The first-order chi connectivity index (χ1) is 11.3. The van der Waals surface area contributed by atoms with Crippen LogP contribution in [0.2, 0.25) is 0 Å². The normalized spacial score (nSPS) is 21.3. The maximum absolute atomic E-state index is 12.8. The van der Waals surface area contributed by atoms with Crippen LogP contribution in [0.5, 0.6) is 5.75 Å². The van der Waals surface area contributed by atoms with Crippen LogP contribution in [-0.4, -0.2) is 37.7 Å². The van der Waals surface area contributed by atoms with E-state index in [1.807, 2.05) is 12.1 Å². The molecule has 0 unspecified atom stereocenters. The van der Waals surface area contributed by atoms with Gasteiger partial charge in [0.2, 0.25) is 0 Å². The van der Waals surface area contributed by atoms with Gasteiger partial charge in [-0.15, -0.1) is 12.4 Å². The molecule has 1 saturated carbocycles. The van der Waals surface area contributed by atoms with Crippen LogP contribution < -0.4 is 10.1 Å². The van der Waals surface area contributed by atoms with Crippen molar-refractivity contribution in [1.82, 2.24) is 10.2 Å². The van der Waals surface area contributed by atoms with Crippen LogP contribution in [-0.2, 0) is 0 Å². The van der Waals surface area contributed by atoms with Crippen LogP contribution in [0, 0.1) is 5.92 Å². The topological polar surface area (TPSA) is 24.5 Å². The van der Waals surface area contributed by atoms with Gasteiger partial charge in [0, 0.05) is 37.8 Å². The highest BCUT2D eigenvalue weighted by molar-refractivity contribution is 5.85. The number of halogens is 3. The van der Waals surface area contributed by atoms with Crippen LogP contribution >= 0.6 is 12.4 Å². The second-order valence-corrected chi connectivity index (χ2v) is 6.55. The van der Waals surface area contributed by atoms with Gasteiger partial charge in [0.1, 0.15) is 5.75 Å². The molecule has 2 fully saturated rings. The molecule has 3 nitrogen and oxygen atoms in total. The van der Waals surface area contributed by atoms with E-state index in [1.165, 1.54) is 32.1 Å². The lowest BCUT2D eigenvalue weighted by molar-refractivity contribution is -0.0518. The second-order valence-electron chi connectivity index (χ2n) is 6.55. The Labute approximate surface area is 149 Å². The van der Waals surface area contributed by atoms with Gasteiger partial charge in [-0.1, -0.05) is 37.5 Å². The highest BCUT2D eigenvalue weighted by Crippen LogP contribution is 2.42. The molecule has 0 radical (unpaired) electrons. The van der Waals surface area contributed by atoms with Gasteiger partial charge in [0.15, 0.2) is 0 Å². The van der Waals surface area contributed by atoms with Gasteiger partial charge in [-0.3, -0.25) is 4.90 Å². The van der Waals surface area contributed by atoms with E-state index in [-0.39, 0.29) is 18.4 Å². The molecule has 0 amide bonds. The molecule has 1 aliphatic heterocycles. The fraction of sp³-hybridized carbons (Fsp3) is 0.667. The van der Waals surface area contributed by atoms with Gasteiger partial charge in [0.05, 0.1) is 0 Å². The van der Waals surface area contributed by atoms with Gasteiger partial charge in [-0.05, 0) is 24.8 Å². The van der Waals surface area contributed by atoms with Crippen molar-refractivity contribution in [2.75, 3.05) is 26.2 Å². The first-order valence-corrected chi connectivity index (χ1v) is 8.74. The molecule has 0 aromatic heterocycles. The third-order valence-corrected chi connectivity index (χ3v) is 5.10. The minimum atomic E-state index is -2.77. The van der Waals surface area contributed by atoms with E-state index < -0.39 is 6.61 Å². The molecular weight excluding hydrogens is 334 g/mol. The monoisotopic (exact) mass is 360 g/mol. The van der Waals surface area contributed by atoms with E-state index in [0.717, 1.165) is 31.7 Å². The van der Waals surface area contributed by atoms with Gasteiger partial charge < -0.3 is 10.1 Å². The van der Waals surface area contributed by atoms with Crippen molar-refractivity contribution in [3.63, 3.8) is 0 Å². The highest BCUT2D eigenvalue weighted by atomic mass is 35.5. The lowest BCUT2D eigenvalue weighted by Crippen LogP contribution is -2.47. The van der Waals surface area contributed by atoms with Gasteiger partial charge >= 0.3 is 6.61 Å². The summed E-state index contributed by atoms with van der Waals surface area (Å²) in [5.74, 6) is 0.876. The maximum Gasteiger partial charge on any atom is 0.387 e. The second kappa shape index (κ2) is 9.54. The summed E-state index contributed by atoms with van der Waals surface area (Å²) in [4.78, 5) is 2.46. The summed E-state index contributed by atoms with van der Waals surface area (Å²) in [5, 5.41) is 3.38. The number of hydrogen-bond acceptors (Lipinski definition) is 3. The van der Waals surface area contributed by atoms with Crippen LogP contribution in [0.4, 0.5) is 8.78 Å². The molecule has 3 rings (SSSR count). The Morgan fingerprint density at radius 3 is 2.38 bits per heavy atom. The van der Waals surface area contributed by atoms with Gasteiger partial charge in [-0.2, -0.15) is 8.78 Å². The van der Waals surface area contributed by atoms with E-state index in [9.17, 15) is 8.78 Å². The van der Waals surface area contributed by atoms with Crippen LogP contribution in [0.25, 0.3) is 0 Å². The molecule has 24 heavy (non-hydrogen) atoms. The largest absolute Gasteiger partial charge is 0.434 e. The van der Waals surface area contributed by atoms with E-state index in [2.05, 4.69) is 10.2 Å². The zero-order chi connectivity index (χ0) is 16.1. The summed E-state index contributed by atoms with van der Waals surface area (Å²) in [6.45, 7) is 1.07. The molecule has 1 saturated heterocycles. The van der Waals surface area contributed by atoms with Crippen LogP contribution in [0.15, 0.2) is 24.3 Å². The third-order valence-electron chi connectivity index (χ3n) is 5.10. The summed E-state index contributed by atoms with van der Waals surface area (Å²) in [7, 11) is 0. The third kappa shape index (κ3) is 4.80. The number of nitrogens with zero attached hydrogens (tertiary/aromatic N) is 1. The average molecular weight is 361 g/mol. The summed E-state index contributed by atoms with van der Waals surface area (Å²) in [6, 6.07) is 7.55. The Morgan fingerprint density at radius 1 is 1.04 bits per heavy atom. The fourth-order valence-corrected chi connectivity index (χ4v) is 4.09. The number of piperazine rings is 1. The zero-order valence-corrected chi connectivity index (χ0v) is 14.7. The Bertz CT molecular complexity index is 474. The number of nitrogens with one attached hydrogen (secondary N) is 1. The first-order valence-electron chi connectivity index (χ1n) is 8.74. The number of hydrogen-bond donors (Lipinski definition) is 1. The average Bonchev–Trinajstić information content (AvgIpc) is 2.58. The van der Waals surface area contributed by atoms with Crippen molar-refractivity contribution in [2.24, 2.45) is 5.92 Å². The SMILES string of the molecule is Cl.FC(F)Oc1ccccc1[C@H](C1CCCCC1)N1CCNCC1. The number of benzene rings is 1. The Hall–Kier alpha value is -0.910. The summed E-state index contributed by atoms with van der Waals surface area (Å²) < 4.78 is 30.4. The van der Waals surface area contributed by atoms with Crippen LogP contribution in [0.1, 0.15) is 43.7 Å². The van der Waals surface area contributed by atoms with Crippen LogP contribution in [0.3, 0.4) is 0 Å². The molecule has 1 atom stereocenters. The predicted molar refractivity (Wildman–Crippen MR) is 94.1 cm³/mol. The summed E-state index contributed by atoms with van der Waals surface area (Å²) in [6.07, 6.45) is 6.13. The molecule has 1 aromatic carbocycles. The molecule has 136 valence electrons. The number of para-hydroxylation sites is 1. The Balaban J connectivity index is 0.00000208. The predicted octanol–water partition coefficient (Wildman–Crippen LogP) is 4.24. The minimum Gasteiger partial charge on any atom is -0.434 e. The van der Waals surface area contributed by atoms with Crippen molar-refractivity contribution in [2.45, 2.75) is 44.8 Å². The highest BCUT2D eigenvalue weighted by Gasteiger charge is 2.33. The van der Waals surface area contributed by atoms with E-state index in [0.29, 0.717) is 11.7 Å². The summed E-state index contributed by atoms with van der Waals surface area (Å²) >= 11 is 0. The van der Waals surface area contributed by atoms with E-state index >= 15 is 0 Å². The molecular formula is C18H27ClF2N2O. The fourth-order valence-electron chi connectivity index (χ4n) is 4.09. The molecule has 1 aromatic rings. The standard InChI is InChI=1S/C18H26F2N2O.ClH/c19-18(20)23-16-9-5-4-8-15(16)17(14-6-2-1-3-7-14)22-12-10-21-11-13-22;/h4-5,8-9,14,17-18,21H,1-3,6-7,10-13H2;1H/t17-;/m0./s1. The number of rotatable bonds is 5. The maximum atomic E-state index is 12.8. The molecule has 2 aliphatic rings. The zero-order valence-electron chi connectivity index (χ0n) is 13.9. The lowest BCUT2D eigenvalue weighted by atomic mass is 9.80. The van der Waals surface area contributed by atoms with E-state index in [1.54, 1.807) is 12.1 Å². The summed E-state index contributed by atoms with van der Waals surface area (Å²) in [5.41, 5.74) is 0.932. The lowest BCUT2D eigenvalue weighted by Gasteiger charge is -2.41. The number of ether oxygens (including phenoxy) is 1. The smallest absolute Gasteiger partial charge is 0.387 e. The molecule has 6 heteroatoms. The van der Waals surface area contributed by atoms with Crippen molar-refractivity contribution in [3.05, 3.63) is 29.8 Å². The number of alkyl halides is 2. The first kappa shape index (κ1) is 19.4. The van der Waals surface area contributed by atoms with Crippen molar-refractivity contribution < 1.29 is 13.5 Å². The molecule has 1 aliphatic carbocycles. The Kier molecular flexibility index (Phi) is 7.72. The molecule has 1 N–H and O–H groups in total. The van der Waals surface area contributed by atoms with E-state index in [4.69, 9.17) is 4.74 Å². The molecule has 1 heterocycles. The molecule has 0 spiro atoms. The Morgan fingerprint density at radius 2 is 1.71 bits per heavy atom. The van der Waals surface area contributed by atoms with Crippen molar-refractivity contribution in [1.29, 1.82) is 0 Å². The van der Waals surface area contributed by atoms with Gasteiger partial charge in [0.25, 0.3) is 0 Å².